The minimum Gasteiger partial charge on any atom is -0.473 e. The number of carbonyl (C=O) groups is 1. The molecule has 0 bridgehead atoms. The molecule has 3 aliphatic rings. The number of rotatable bonds is 3. The highest BCUT2D eigenvalue weighted by molar-refractivity contribution is 5.95. The van der Waals surface area contributed by atoms with E-state index in [4.69, 9.17) is 14.5 Å². The van der Waals surface area contributed by atoms with Gasteiger partial charge in [-0.1, -0.05) is 6.07 Å². The first kappa shape index (κ1) is 26.3. The van der Waals surface area contributed by atoms with Gasteiger partial charge in [0.15, 0.2) is 0 Å². The number of piperazine rings is 1. The summed E-state index contributed by atoms with van der Waals surface area (Å²) in [4.78, 5) is 28.6. The molecule has 40 heavy (non-hydrogen) atoms. The molecule has 5 heterocycles. The van der Waals surface area contributed by atoms with Gasteiger partial charge in [-0.25, -0.2) is 9.78 Å². The molecule has 0 aliphatic carbocycles. The van der Waals surface area contributed by atoms with Crippen molar-refractivity contribution in [3.63, 3.8) is 0 Å². The lowest BCUT2D eigenvalue weighted by Crippen LogP contribution is -2.55. The number of pyridine rings is 2. The van der Waals surface area contributed by atoms with Crippen LogP contribution < -0.4 is 9.64 Å². The van der Waals surface area contributed by atoms with Gasteiger partial charge in [-0.05, 0) is 57.5 Å². The Morgan fingerprint density at radius 1 is 1.12 bits per heavy atom. The molecule has 2 fully saturated rings. The number of fused-ring (bicyclic) bond motifs is 3. The van der Waals surface area contributed by atoms with E-state index >= 15 is 0 Å². The minimum atomic E-state index is -0.511. The maximum atomic E-state index is 12.5. The van der Waals surface area contributed by atoms with Crippen LogP contribution in [-0.4, -0.2) is 75.8 Å². The SMILES string of the molecule is C[C@@H]1CN(c2ccc(C#N)c3ncccc23)C[C@@H]2CC(Oc3ccc4c(n3)CCN(C(=O)OC(C)(C)C)C4)CN21. The molecular weight excluding hydrogens is 504 g/mol. The van der Waals surface area contributed by atoms with Crippen LogP contribution in [0.15, 0.2) is 42.6 Å². The van der Waals surface area contributed by atoms with Crippen LogP contribution in [0.2, 0.25) is 0 Å². The average Bonchev–Trinajstić information content (AvgIpc) is 3.34. The monoisotopic (exact) mass is 540 g/mol. The van der Waals surface area contributed by atoms with Gasteiger partial charge in [0.2, 0.25) is 5.88 Å². The van der Waals surface area contributed by atoms with Crippen molar-refractivity contribution in [1.29, 1.82) is 5.26 Å². The fraction of sp³-hybridized carbons (Fsp3) is 0.484. The van der Waals surface area contributed by atoms with Crippen LogP contribution in [-0.2, 0) is 17.7 Å². The van der Waals surface area contributed by atoms with Gasteiger partial charge in [0, 0.05) is 74.4 Å². The van der Waals surface area contributed by atoms with Crippen LogP contribution in [0.5, 0.6) is 5.88 Å². The Hall–Kier alpha value is -3.90. The highest BCUT2D eigenvalue weighted by atomic mass is 16.6. The third kappa shape index (κ3) is 5.16. The zero-order valence-corrected chi connectivity index (χ0v) is 23.6. The van der Waals surface area contributed by atoms with Crippen LogP contribution in [0.4, 0.5) is 10.5 Å². The summed E-state index contributed by atoms with van der Waals surface area (Å²) in [5.74, 6) is 0.656. The second-order valence-electron chi connectivity index (χ2n) is 12.1. The van der Waals surface area contributed by atoms with Crippen molar-refractivity contribution in [1.82, 2.24) is 19.8 Å². The van der Waals surface area contributed by atoms with E-state index in [1.807, 2.05) is 45.0 Å². The normalized spacial score (nSPS) is 22.9. The first-order valence-corrected chi connectivity index (χ1v) is 14.1. The molecule has 9 nitrogen and oxygen atoms in total. The predicted molar refractivity (Wildman–Crippen MR) is 152 cm³/mol. The molecule has 6 rings (SSSR count). The van der Waals surface area contributed by atoms with Crippen molar-refractivity contribution < 1.29 is 14.3 Å². The molecule has 9 heteroatoms. The van der Waals surface area contributed by atoms with E-state index in [0.29, 0.717) is 43.0 Å². The Kier molecular flexibility index (Phi) is 6.75. The van der Waals surface area contributed by atoms with Crippen LogP contribution in [0.1, 0.15) is 50.9 Å². The third-order valence-corrected chi connectivity index (χ3v) is 8.07. The summed E-state index contributed by atoms with van der Waals surface area (Å²) >= 11 is 0. The Balaban J connectivity index is 1.12. The number of benzene rings is 1. The van der Waals surface area contributed by atoms with Gasteiger partial charge in [-0.3, -0.25) is 9.88 Å². The van der Waals surface area contributed by atoms with E-state index in [1.165, 1.54) is 0 Å². The van der Waals surface area contributed by atoms with Gasteiger partial charge in [-0.15, -0.1) is 0 Å². The summed E-state index contributed by atoms with van der Waals surface area (Å²) in [5, 5.41) is 10.6. The summed E-state index contributed by atoms with van der Waals surface area (Å²) in [6, 6.07) is 14.9. The van der Waals surface area contributed by atoms with E-state index in [2.05, 4.69) is 39.9 Å². The number of hydrogen-bond donors (Lipinski definition) is 0. The number of aromatic nitrogens is 2. The molecule has 208 valence electrons. The highest BCUT2D eigenvalue weighted by Gasteiger charge is 2.41. The molecule has 3 atom stereocenters. The number of nitriles is 1. The fourth-order valence-electron chi connectivity index (χ4n) is 6.29. The zero-order valence-electron chi connectivity index (χ0n) is 23.6. The summed E-state index contributed by atoms with van der Waals surface area (Å²) in [5.41, 5.74) is 4.03. The highest BCUT2D eigenvalue weighted by Crippen LogP contribution is 2.34. The number of carbonyl (C=O) groups excluding carboxylic acids is 1. The number of amides is 1. The molecule has 3 aliphatic heterocycles. The maximum absolute atomic E-state index is 12.5. The van der Waals surface area contributed by atoms with E-state index in [9.17, 15) is 10.1 Å². The topological polar surface area (TPSA) is 94.8 Å². The molecule has 2 saturated heterocycles. The molecule has 0 saturated carbocycles. The summed E-state index contributed by atoms with van der Waals surface area (Å²) in [6.07, 6.45) is 3.15. The summed E-state index contributed by atoms with van der Waals surface area (Å²) in [6.45, 7) is 11.7. The second kappa shape index (κ2) is 10.3. The average molecular weight is 541 g/mol. The van der Waals surface area contributed by atoms with E-state index in [0.717, 1.165) is 53.9 Å². The number of ether oxygens (including phenoxy) is 2. The Labute approximate surface area is 235 Å². The van der Waals surface area contributed by atoms with Gasteiger partial charge in [0.1, 0.15) is 17.8 Å². The largest absolute Gasteiger partial charge is 0.473 e. The molecule has 0 radical (unpaired) electrons. The zero-order chi connectivity index (χ0) is 28.0. The number of hydrogen-bond acceptors (Lipinski definition) is 8. The van der Waals surface area contributed by atoms with Crippen molar-refractivity contribution in [3.05, 3.63) is 59.4 Å². The molecule has 1 unspecified atom stereocenters. The fourth-order valence-corrected chi connectivity index (χ4v) is 6.29. The van der Waals surface area contributed by atoms with Crippen molar-refractivity contribution >= 4 is 22.7 Å². The molecular formula is C31H36N6O3. The summed E-state index contributed by atoms with van der Waals surface area (Å²) in [7, 11) is 0. The first-order chi connectivity index (χ1) is 19.2. The minimum absolute atomic E-state index is 0.0687. The smallest absolute Gasteiger partial charge is 0.410 e. The van der Waals surface area contributed by atoms with E-state index in [1.54, 1.807) is 11.1 Å². The molecule has 1 aromatic carbocycles. The molecule has 2 aromatic heterocycles. The van der Waals surface area contributed by atoms with Crippen molar-refractivity contribution in [2.24, 2.45) is 0 Å². The Morgan fingerprint density at radius 2 is 1.98 bits per heavy atom. The first-order valence-electron chi connectivity index (χ1n) is 14.1. The molecule has 0 spiro atoms. The molecule has 3 aromatic rings. The van der Waals surface area contributed by atoms with Crippen LogP contribution in [0, 0.1) is 11.3 Å². The van der Waals surface area contributed by atoms with Gasteiger partial charge in [-0.2, -0.15) is 5.26 Å². The molecule has 0 N–H and O–H groups in total. The second-order valence-corrected chi connectivity index (χ2v) is 12.1. The lowest BCUT2D eigenvalue weighted by molar-refractivity contribution is 0.0222. The lowest BCUT2D eigenvalue weighted by Gasteiger charge is -2.43. The standard InChI is InChI=1S/C31H36N6O3/c1-20-16-36(27-9-7-21(15-32)29-25(27)6-5-12-33-29)18-23-14-24(19-37(20)23)39-28-10-8-22-17-35(13-11-26(22)34-28)30(38)40-31(2,3)4/h5-10,12,20,23-24H,11,13-14,16-19H2,1-4H3/t20-,23+,24?/m1/s1. The predicted octanol–water partition coefficient (Wildman–Crippen LogP) is 4.53. The summed E-state index contributed by atoms with van der Waals surface area (Å²) < 4.78 is 12.0. The van der Waals surface area contributed by atoms with Crippen LogP contribution in [0.3, 0.4) is 0 Å². The van der Waals surface area contributed by atoms with Crippen LogP contribution in [0.25, 0.3) is 10.9 Å². The van der Waals surface area contributed by atoms with Crippen LogP contribution >= 0.6 is 0 Å². The lowest BCUT2D eigenvalue weighted by atomic mass is 10.0. The Morgan fingerprint density at radius 3 is 2.77 bits per heavy atom. The van der Waals surface area contributed by atoms with Crippen molar-refractivity contribution in [3.8, 4) is 11.9 Å². The van der Waals surface area contributed by atoms with E-state index in [-0.39, 0.29) is 12.2 Å². The number of anilines is 1. The number of nitrogens with zero attached hydrogens (tertiary/aromatic N) is 6. The third-order valence-electron chi connectivity index (χ3n) is 8.07. The quantitative estimate of drug-likeness (QED) is 0.479. The molecule has 1 amide bonds. The van der Waals surface area contributed by atoms with Crippen molar-refractivity contribution in [2.75, 3.05) is 31.1 Å². The van der Waals surface area contributed by atoms with E-state index < -0.39 is 5.60 Å². The van der Waals surface area contributed by atoms with Crippen molar-refractivity contribution in [2.45, 2.75) is 70.9 Å². The maximum Gasteiger partial charge on any atom is 0.410 e. The Bertz CT molecular complexity index is 1480. The van der Waals surface area contributed by atoms with Gasteiger partial charge < -0.3 is 19.3 Å². The van der Waals surface area contributed by atoms with Gasteiger partial charge in [0.25, 0.3) is 0 Å². The van der Waals surface area contributed by atoms with Gasteiger partial charge in [0.05, 0.1) is 23.3 Å². The van der Waals surface area contributed by atoms with Gasteiger partial charge >= 0.3 is 6.09 Å².